The second-order valence-electron chi connectivity index (χ2n) is 7.52. The second-order valence-corrected chi connectivity index (χ2v) is 7.52. The van der Waals surface area contributed by atoms with Gasteiger partial charge in [-0.15, -0.1) is 0 Å². The topological polar surface area (TPSA) is 9.23 Å². The van der Waals surface area contributed by atoms with Crippen LogP contribution in [-0.2, 0) is 0 Å². The minimum Gasteiger partial charge on any atom is -0.428 e. The summed E-state index contributed by atoms with van der Waals surface area (Å²) in [6, 6.07) is 4.50. The Morgan fingerprint density at radius 1 is 1.04 bits per heavy atom. The molecule has 1 aromatic carbocycles. The van der Waals surface area contributed by atoms with Crippen molar-refractivity contribution in [2.75, 3.05) is 0 Å². The summed E-state index contributed by atoms with van der Waals surface area (Å²) in [4.78, 5) is 0. The molecule has 1 rings (SSSR count). The van der Waals surface area contributed by atoms with E-state index in [0.717, 1.165) is 30.4 Å². The predicted molar refractivity (Wildman–Crippen MR) is 98.3 cm³/mol. The number of unbranched alkanes of at least 4 members (excludes halogenated alkanes) is 1. The molecule has 0 aliphatic heterocycles. The Bertz CT molecular complexity index is 579. The number of halogens is 4. The zero-order valence-corrected chi connectivity index (χ0v) is 16.8. The number of benzene rings is 1. The minimum atomic E-state index is -4.57. The van der Waals surface area contributed by atoms with Gasteiger partial charge in [-0.3, -0.25) is 0 Å². The first-order valence-corrected chi connectivity index (χ1v) is 9.50. The maximum atomic E-state index is 14.5. The number of hydrogen-bond donors (Lipinski definition) is 0. The molecule has 0 bridgehead atoms. The highest BCUT2D eigenvalue weighted by Gasteiger charge is 2.67. The van der Waals surface area contributed by atoms with Crippen molar-refractivity contribution in [3.05, 3.63) is 29.3 Å². The normalized spacial score (nSPS) is 14.4. The van der Waals surface area contributed by atoms with Crippen LogP contribution in [0.3, 0.4) is 0 Å². The van der Waals surface area contributed by atoms with Crippen molar-refractivity contribution in [2.45, 2.75) is 91.6 Å². The molecule has 1 unspecified atom stereocenters. The van der Waals surface area contributed by atoms with Crippen LogP contribution in [0, 0.1) is 12.3 Å². The molecule has 0 radical (unpaired) electrons. The summed E-state index contributed by atoms with van der Waals surface area (Å²) in [5.74, 6) is -4.22. The van der Waals surface area contributed by atoms with E-state index in [2.05, 4.69) is 18.6 Å². The smallest absolute Gasteiger partial charge is 0.428 e. The molecule has 0 saturated carbocycles. The van der Waals surface area contributed by atoms with Gasteiger partial charge in [0.25, 0.3) is 0 Å². The molecule has 0 spiro atoms. The summed E-state index contributed by atoms with van der Waals surface area (Å²) in [5, 5.41) is 0. The van der Waals surface area contributed by atoms with Crippen molar-refractivity contribution in [1.82, 2.24) is 0 Å². The molecule has 150 valence electrons. The largest absolute Gasteiger partial charge is 0.464 e. The number of aryl methyl sites for hydroxylation is 1. The summed E-state index contributed by atoms with van der Waals surface area (Å²) in [5.41, 5.74) is -0.0213. The zero-order chi connectivity index (χ0) is 20.2. The average Bonchev–Trinajstić information content (AvgIpc) is 2.58. The summed E-state index contributed by atoms with van der Waals surface area (Å²) >= 11 is 0. The van der Waals surface area contributed by atoms with E-state index in [1.54, 1.807) is 13.0 Å². The molecule has 5 heteroatoms. The molecule has 0 aliphatic carbocycles. The van der Waals surface area contributed by atoms with Gasteiger partial charge in [0.2, 0.25) is 0 Å². The zero-order valence-electron chi connectivity index (χ0n) is 16.8. The molecule has 0 aromatic heterocycles. The van der Waals surface area contributed by atoms with Crippen molar-refractivity contribution in [3.63, 3.8) is 0 Å². The Morgan fingerprint density at radius 3 is 2.08 bits per heavy atom. The average molecular weight is 376 g/mol. The molecular weight excluding hydrogens is 344 g/mol. The molecule has 0 fully saturated rings. The van der Waals surface area contributed by atoms with Crippen molar-refractivity contribution in [1.29, 1.82) is 0 Å². The van der Waals surface area contributed by atoms with Crippen molar-refractivity contribution < 1.29 is 22.3 Å². The molecule has 26 heavy (non-hydrogen) atoms. The third-order valence-corrected chi connectivity index (χ3v) is 5.69. The van der Waals surface area contributed by atoms with E-state index in [9.17, 15) is 17.6 Å². The van der Waals surface area contributed by atoms with Crippen LogP contribution in [0.2, 0.25) is 0 Å². The maximum absolute atomic E-state index is 14.5. The fourth-order valence-corrected chi connectivity index (χ4v) is 3.19. The first kappa shape index (κ1) is 22.8. The lowest BCUT2D eigenvalue weighted by atomic mass is 9.77. The molecule has 0 N–H and O–H groups in total. The third kappa shape index (κ3) is 4.52. The van der Waals surface area contributed by atoms with Gasteiger partial charge in [0.05, 0.1) is 0 Å². The van der Waals surface area contributed by atoms with Crippen LogP contribution >= 0.6 is 0 Å². The van der Waals surface area contributed by atoms with Crippen LogP contribution in [0.1, 0.15) is 83.8 Å². The van der Waals surface area contributed by atoms with E-state index >= 15 is 0 Å². The van der Waals surface area contributed by atoms with Crippen LogP contribution in [0.4, 0.5) is 17.6 Å². The van der Waals surface area contributed by atoms with Crippen molar-refractivity contribution in [3.8, 4) is 5.75 Å². The van der Waals surface area contributed by atoms with Gasteiger partial charge in [-0.2, -0.15) is 17.6 Å². The number of ether oxygens (including phenoxy) is 1. The molecule has 1 aromatic rings. The van der Waals surface area contributed by atoms with E-state index in [1.165, 1.54) is 32.9 Å². The highest BCUT2D eigenvalue weighted by Crippen LogP contribution is 2.51. The van der Waals surface area contributed by atoms with Gasteiger partial charge in [-0.05, 0) is 55.4 Å². The second kappa shape index (κ2) is 8.62. The van der Waals surface area contributed by atoms with E-state index < -0.39 is 17.4 Å². The van der Waals surface area contributed by atoms with Gasteiger partial charge >= 0.3 is 12.0 Å². The summed E-state index contributed by atoms with van der Waals surface area (Å²) in [6.45, 7) is 10.1. The van der Waals surface area contributed by atoms with Crippen LogP contribution in [0.5, 0.6) is 5.75 Å². The Labute approximate surface area is 155 Å². The lowest BCUT2D eigenvalue weighted by Crippen LogP contribution is -2.55. The first-order chi connectivity index (χ1) is 12.0. The molecule has 0 aliphatic rings. The van der Waals surface area contributed by atoms with Gasteiger partial charge < -0.3 is 4.74 Å². The first-order valence-electron chi connectivity index (χ1n) is 9.50. The highest BCUT2D eigenvalue weighted by molar-refractivity contribution is 5.37. The van der Waals surface area contributed by atoms with Crippen molar-refractivity contribution >= 4 is 0 Å². The number of alkyl halides is 4. The van der Waals surface area contributed by atoms with Gasteiger partial charge in [0, 0.05) is 5.41 Å². The monoisotopic (exact) mass is 376 g/mol. The molecule has 0 saturated heterocycles. The fourth-order valence-electron chi connectivity index (χ4n) is 3.19. The Hall–Kier alpha value is -1.26. The molecule has 1 atom stereocenters. The quantitative estimate of drug-likeness (QED) is 0.380. The molecule has 0 amide bonds. The van der Waals surface area contributed by atoms with Gasteiger partial charge in [-0.25, -0.2) is 0 Å². The summed E-state index contributed by atoms with van der Waals surface area (Å²) < 4.78 is 62.2. The molecule has 0 heterocycles. The third-order valence-electron chi connectivity index (χ3n) is 5.69. The standard InChI is InChI=1S/C21H32F4O/c1-7-10-11-15(4)18-13-12-17(14-16(18)5)26-21(24,25)20(22,23)19(6,8-2)9-3/h12-15H,7-11H2,1-6H3. The highest BCUT2D eigenvalue weighted by atomic mass is 19.3. The molecule has 1 nitrogen and oxygen atoms in total. The van der Waals surface area contributed by atoms with Gasteiger partial charge in [0.1, 0.15) is 5.75 Å². The maximum Gasteiger partial charge on any atom is 0.464 e. The lowest BCUT2D eigenvalue weighted by Gasteiger charge is -2.39. The van der Waals surface area contributed by atoms with Crippen molar-refractivity contribution in [2.24, 2.45) is 5.41 Å². The lowest BCUT2D eigenvalue weighted by molar-refractivity contribution is -0.346. The van der Waals surface area contributed by atoms with Crippen LogP contribution < -0.4 is 4.74 Å². The fraction of sp³-hybridized carbons (Fsp3) is 0.714. The summed E-state index contributed by atoms with van der Waals surface area (Å²) in [6.07, 6.45) is -1.55. The van der Waals surface area contributed by atoms with E-state index in [0.29, 0.717) is 0 Å². The van der Waals surface area contributed by atoms with E-state index in [1.807, 2.05) is 0 Å². The molecular formula is C21H32F4O. The van der Waals surface area contributed by atoms with E-state index in [4.69, 9.17) is 0 Å². The Balaban J connectivity index is 3.05. The van der Waals surface area contributed by atoms with E-state index in [-0.39, 0.29) is 24.5 Å². The van der Waals surface area contributed by atoms with Gasteiger partial charge in [-0.1, -0.05) is 53.5 Å². The number of rotatable bonds is 10. The van der Waals surface area contributed by atoms with Crippen LogP contribution in [0.25, 0.3) is 0 Å². The minimum absolute atomic E-state index is 0.0671. The predicted octanol–water partition coefficient (Wildman–Crippen LogP) is 7.72. The Kier molecular flexibility index (Phi) is 7.55. The van der Waals surface area contributed by atoms with Crippen LogP contribution in [-0.4, -0.2) is 12.0 Å². The number of hydrogen-bond acceptors (Lipinski definition) is 1. The van der Waals surface area contributed by atoms with Gasteiger partial charge in [0.15, 0.2) is 0 Å². The van der Waals surface area contributed by atoms with Crippen LogP contribution in [0.15, 0.2) is 18.2 Å². The SMILES string of the molecule is CCCCC(C)c1ccc(OC(F)(F)C(F)(F)C(C)(CC)CC)cc1C. The Morgan fingerprint density at radius 2 is 1.62 bits per heavy atom. The summed E-state index contributed by atoms with van der Waals surface area (Å²) in [7, 11) is 0.